The number of nitrogens with zero attached hydrogens (tertiary/aromatic N) is 2. The molecule has 2 fully saturated rings. The van der Waals surface area contributed by atoms with E-state index in [1.54, 1.807) is 48.9 Å². The average Bonchev–Trinajstić information content (AvgIpc) is 3.55. The molecule has 2 aliphatic heterocycles. The van der Waals surface area contributed by atoms with E-state index < -0.39 is 0 Å². The number of aromatic nitrogens is 2. The van der Waals surface area contributed by atoms with Crippen LogP contribution in [-0.4, -0.2) is 59.3 Å². The molecular formula is C23H23N5O5. The van der Waals surface area contributed by atoms with Crippen LogP contribution in [0.3, 0.4) is 0 Å². The highest BCUT2D eigenvalue weighted by Gasteiger charge is 2.48. The van der Waals surface area contributed by atoms with Gasteiger partial charge in [0, 0.05) is 17.4 Å². The number of ether oxygens (including phenoxy) is 2. The fourth-order valence-electron chi connectivity index (χ4n) is 4.03. The Morgan fingerprint density at radius 1 is 1.00 bits per heavy atom. The summed E-state index contributed by atoms with van der Waals surface area (Å²) in [6.45, 7) is 2.23. The maximum absolute atomic E-state index is 12.5. The van der Waals surface area contributed by atoms with E-state index >= 15 is 0 Å². The number of fused-ring (bicyclic) bond motifs is 1. The molecule has 1 aromatic carbocycles. The quantitative estimate of drug-likeness (QED) is 0.490. The van der Waals surface area contributed by atoms with E-state index in [0.717, 1.165) is 0 Å². The Kier molecular flexibility index (Phi) is 5.76. The molecule has 0 bridgehead atoms. The van der Waals surface area contributed by atoms with Gasteiger partial charge >= 0.3 is 6.03 Å². The van der Waals surface area contributed by atoms with Crippen LogP contribution in [-0.2, 0) is 9.47 Å². The van der Waals surface area contributed by atoms with E-state index in [9.17, 15) is 9.59 Å². The molecule has 0 aliphatic carbocycles. The maximum Gasteiger partial charge on any atom is 0.319 e. The zero-order valence-electron chi connectivity index (χ0n) is 17.9. The van der Waals surface area contributed by atoms with Gasteiger partial charge in [-0.3, -0.25) is 4.79 Å². The topological polar surface area (TPSA) is 128 Å². The lowest BCUT2D eigenvalue weighted by atomic mass is 10.1. The minimum atomic E-state index is -0.366. The van der Waals surface area contributed by atoms with E-state index in [2.05, 4.69) is 25.9 Å². The molecule has 5 rings (SSSR count). The fraction of sp³-hybridized carbons (Fsp3) is 0.304. The molecule has 3 aromatic rings. The Balaban J connectivity index is 1.17. The second kappa shape index (κ2) is 9.00. The number of benzene rings is 1. The van der Waals surface area contributed by atoms with E-state index in [1.807, 2.05) is 6.07 Å². The van der Waals surface area contributed by atoms with Gasteiger partial charge in [-0.25, -0.2) is 14.8 Å². The summed E-state index contributed by atoms with van der Waals surface area (Å²) in [6, 6.07) is 11.3. The minimum Gasteiger partial charge on any atom is -0.463 e. The second-order valence-electron chi connectivity index (χ2n) is 7.93. The fourth-order valence-corrected chi connectivity index (χ4v) is 4.03. The molecule has 4 atom stereocenters. The summed E-state index contributed by atoms with van der Waals surface area (Å²) >= 11 is 0. The zero-order valence-corrected chi connectivity index (χ0v) is 17.9. The van der Waals surface area contributed by atoms with Crippen LogP contribution in [0.5, 0.6) is 0 Å². The summed E-state index contributed by atoms with van der Waals surface area (Å²) in [5.41, 5.74) is 1.85. The number of rotatable bonds is 6. The van der Waals surface area contributed by atoms with Gasteiger partial charge in [0.25, 0.3) is 0 Å². The summed E-state index contributed by atoms with van der Waals surface area (Å²) < 4.78 is 17.3. The normalized spacial score (nSPS) is 23.7. The van der Waals surface area contributed by atoms with Gasteiger partial charge in [-0.2, -0.15) is 0 Å². The van der Waals surface area contributed by atoms with E-state index in [-0.39, 0.29) is 36.1 Å². The first-order chi connectivity index (χ1) is 16.1. The summed E-state index contributed by atoms with van der Waals surface area (Å²) in [6.07, 6.45) is 2.72. The molecule has 2 aromatic heterocycles. The SMILES string of the molecule is CC(=O)c1ccc(NC(=O)N[C@@H]2CO[C@@H]3[C@@H]2OC[C@@H]3Nc2nccc(-c3ccco3)n2)cc1. The molecule has 33 heavy (non-hydrogen) atoms. The molecule has 10 nitrogen and oxygen atoms in total. The lowest BCUT2D eigenvalue weighted by Gasteiger charge is -2.18. The molecular weight excluding hydrogens is 426 g/mol. The van der Waals surface area contributed by atoms with Crippen molar-refractivity contribution in [2.45, 2.75) is 31.2 Å². The van der Waals surface area contributed by atoms with Gasteiger partial charge in [0.15, 0.2) is 11.5 Å². The van der Waals surface area contributed by atoms with E-state index in [0.29, 0.717) is 41.9 Å². The molecule has 0 unspecified atom stereocenters. The Hall–Kier alpha value is -3.76. The van der Waals surface area contributed by atoms with Crippen molar-refractivity contribution >= 4 is 23.5 Å². The van der Waals surface area contributed by atoms with Crippen LogP contribution in [0.15, 0.2) is 59.3 Å². The molecule has 0 spiro atoms. The predicted molar refractivity (Wildman–Crippen MR) is 119 cm³/mol. The standard InChI is InChI=1S/C23H23N5O5/c1-13(29)14-4-6-15(7-5-14)25-23(30)28-18-12-33-20-17(11-32-21(18)20)27-22-24-9-8-16(26-22)19-3-2-10-31-19/h2-10,17-18,20-21H,11-12H2,1H3,(H,24,26,27)(H2,25,28,30)/t17-,18+,20-,21+/m0/s1. The molecule has 10 heteroatoms. The molecule has 170 valence electrons. The van der Waals surface area contributed by atoms with Crippen LogP contribution in [0.25, 0.3) is 11.5 Å². The second-order valence-corrected chi connectivity index (χ2v) is 7.93. The summed E-state index contributed by atoms with van der Waals surface area (Å²) in [5.74, 6) is 1.08. The molecule has 2 aliphatic rings. The first-order valence-corrected chi connectivity index (χ1v) is 10.6. The summed E-state index contributed by atoms with van der Waals surface area (Å²) in [4.78, 5) is 32.6. The Morgan fingerprint density at radius 2 is 1.76 bits per heavy atom. The van der Waals surface area contributed by atoms with Crippen LogP contribution in [0.2, 0.25) is 0 Å². The van der Waals surface area contributed by atoms with Crippen LogP contribution in [0.4, 0.5) is 16.4 Å². The predicted octanol–water partition coefficient (Wildman–Crippen LogP) is 2.71. The van der Waals surface area contributed by atoms with Crippen molar-refractivity contribution in [3.8, 4) is 11.5 Å². The Bertz CT molecular complexity index is 1130. The third kappa shape index (κ3) is 4.57. The number of ketones is 1. The average molecular weight is 449 g/mol. The number of carbonyl (C=O) groups is 2. The molecule has 2 amide bonds. The summed E-state index contributed by atoms with van der Waals surface area (Å²) in [7, 11) is 0. The number of Topliss-reactive ketones (excluding diaryl/α,β-unsaturated/α-hetero) is 1. The van der Waals surface area contributed by atoms with Gasteiger partial charge in [0.2, 0.25) is 5.95 Å². The van der Waals surface area contributed by atoms with Gasteiger partial charge < -0.3 is 29.8 Å². The van der Waals surface area contributed by atoms with Crippen LogP contribution in [0, 0.1) is 0 Å². The van der Waals surface area contributed by atoms with Gasteiger partial charge in [-0.15, -0.1) is 0 Å². The third-order valence-electron chi connectivity index (χ3n) is 5.66. The Labute approximate surface area is 189 Å². The van der Waals surface area contributed by atoms with Crippen LogP contribution < -0.4 is 16.0 Å². The zero-order chi connectivity index (χ0) is 22.8. The van der Waals surface area contributed by atoms with Crippen molar-refractivity contribution < 1.29 is 23.5 Å². The van der Waals surface area contributed by atoms with E-state index in [1.165, 1.54) is 6.92 Å². The Morgan fingerprint density at radius 3 is 2.48 bits per heavy atom. The van der Waals surface area contributed by atoms with E-state index in [4.69, 9.17) is 13.9 Å². The van der Waals surface area contributed by atoms with Gasteiger partial charge in [-0.05, 0) is 49.4 Å². The molecule has 0 saturated carbocycles. The van der Waals surface area contributed by atoms with Gasteiger partial charge in [0.05, 0.1) is 31.6 Å². The monoisotopic (exact) mass is 449 g/mol. The number of hydrogen-bond donors (Lipinski definition) is 3. The molecule has 0 radical (unpaired) electrons. The van der Waals surface area contributed by atoms with Crippen LogP contribution >= 0.6 is 0 Å². The highest BCUT2D eigenvalue weighted by atomic mass is 16.6. The molecule has 4 heterocycles. The molecule has 3 N–H and O–H groups in total. The van der Waals surface area contributed by atoms with Crippen molar-refractivity contribution in [1.82, 2.24) is 15.3 Å². The number of nitrogens with one attached hydrogen (secondary N) is 3. The van der Waals surface area contributed by atoms with Gasteiger partial charge in [-0.1, -0.05) is 0 Å². The van der Waals surface area contributed by atoms with Crippen molar-refractivity contribution in [2.24, 2.45) is 0 Å². The van der Waals surface area contributed by atoms with Crippen molar-refractivity contribution in [3.63, 3.8) is 0 Å². The highest BCUT2D eigenvalue weighted by Crippen LogP contribution is 2.29. The third-order valence-corrected chi connectivity index (χ3v) is 5.66. The van der Waals surface area contributed by atoms with Crippen molar-refractivity contribution in [3.05, 3.63) is 60.5 Å². The van der Waals surface area contributed by atoms with Crippen molar-refractivity contribution in [2.75, 3.05) is 23.8 Å². The number of amides is 2. The van der Waals surface area contributed by atoms with Gasteiger partial charge in [0.1, 0.15) is 17.9 Å². The smallest absolute Gasteiger partial charge is 0.319 e. The number of furan rings is 1. The first-order valence-electron chi connectivity index (χ1n) is 10.6. The molecule has 2 saturated heterocycles. The minimum absolute atomic E-state index is 0.0280. The number of carbonyl (C=O) groups excluding carboxylic acids is 2. The van der Waals surface area contributed by atoms with Crippen LogP contribution in [0.1, 0.15) is 17.3 Å². The lowest BCUT2D eigenvalue weighted by molar-refractivity contribution is 0.0683. The first kappa shape index (κ1) is 21.1. The number of anilines is 2. The van der Waals surface area contributed by atoms with Crippen molar-refractivity contribution in [1.29, 1.82) is 0 Å². The number of urea groups is 1. The summed E-state index contributed by atoms with van der Waals surface area (Å²) in [5, 5.41) is 8.95. The highest BCUT2D eigenvalue weighted by molar-refractivity contribution is 5.95. The largest absolute Gasteiger partial charge is 0.463 e. The lowest BCUT2D eigenvalue weighted by Crippen LogP contribution is -2.46. The number of hydrogen-bond acceptors (Lipinski definition) is 8. The maximum atomic E-state index is 12.5.